The van der Waals surface area contributed by atoms with Crippen molar-refractivity contribution in [2.45, 2.75) is 11.9 Å². The molecule has 23 heavy (non-hydrogen) atoms. The number of benzene rings is 2. The van der Waals surface area contributed by atoms with Gasteiger partial charge in [0.1, 0.15) is 0 Å². The maximum atomic E-state index is 5.31. The Balaban J connectivity index is 0.000000185. The molecule has 1 fully saturated rings. The van der Waals surface area contributed by atoms with Crippen molar-refractivity contribution < 1.29 is 4.74 Å². The van der Waals surface area contributed by atoms with E-state index in [1.54, 1.807) is 0 Å². The fourth-order valence-corrected chi connectivity index (χ4v) is 3.08. The van der Waals surface area contributed by atoms with Crippen molar-refractivity contribution in [1.29, 1.82) is 0 Å². The molecule has 0 unspecified atom stereocenters. The quantitative estimate of drug-likeness (QED) is 0.502. The van der Waals surface area contributed by atoms with Crippen molar-refractivity contribution >= 4 is 47.8 Å². The Morgan fingerprint density at radius 2 is 1.26 bits per heavy atom. The number of nitrogens with zero attached hydrogens (tertiary/aromatic N) is 1. The minimum Gasteiger partial charge on any atom is -0.379 e. The monoisotopic (exact) mass is 503 g/mol. The molecule has 1 saturated heterocycles. The van der Waals surface area contributed by atoms with Crippen molar-refractivity contribution in [2.75, 3.05) is 26.3 Å². The normalized spacial score (nSPS) is 14.9. The lowest BCUT2D eigenvalue weighted by molar-refractivity contribution is 0.0342. The van der Waals surface area contributed by atoms with E-state index < -0.39 is 0 Å². The molecule has 2 aromatic rings. The molecule has 0 amide bonds. The van der Waals surface area contributed by atoms with Crippen LogP contribution in [0, 0.1) is 0 Å². The number of ether oxygens (including phenoxy) is 1. The van der Waals surface area contributed by atoms with Gasteiger partial charge >= 0.3 is 0 Å². The predicted molar refractivity (Wildman–Crippen MR) is 107 cm³/mol. The first kappa shape index (κ1) is 19.1. The van der Waals surface area contributed by atoms with Crippen LogP contribution in [-0.4, -0.2) is 31.2 Å². The van der Waals surface area contributed by atoms with Gasteiger partial charge in [-0.2, -0.15) is 0 Å². The van der Waals surface area contributed by atoms with Crippen LogP contribution >= 0.6 is 47.8 Å². The molecule has 2 nitrogen and oxygen atoms in total. The van der Waals surface area contributed by atoms with Crippen LogP contribution in [0.1, 0.15) is 11.1 Å². The molecular weight excluding hydrogens is 486 g/mol. The van der Waals surface area contributed by atoms with Crippen LogP contribution in [0.5, 0.6) is 0 Å². The smallest absolute Gasteiger partial charge is 0.0594 e. The molecular formula is C18H20Br3NO. The first-order chi connectivity index (χ1) is 11.2. The zero-order chi connectivity index (χ0) is 16.5. The van der Waals surface area contributed by atoms with Crippen LogP contribution in [0.4, 0.5) is 0 Å². The third kappa shape index (κ3) is 7.48. The third-order valence-electron chi connectivity index (χ3n) is 3.49. The molecule has 1 aliphatic heterocycles. The Hall–Kier alpha value is -0.200. The van der Waals surface area contributed by atoms with Crippen molar-refractivity contribution in [3.63, 3.8) is 0 Å². The van der Waals surface area contributed by atoms with Gasteiger partial charge in [0.25, 0.3) is 0 Å². The van der Waals surface area contributed by atoms with Gasteiger partial charge in [-0.25, -0.2) is 0 Å². The molecule has 1 heterocycles. The van der Waals surface area contributed by atoms with Crippen molar-refractivity contribution in [3.05, 3.63) is 68.6 Å². The summed E-state index contributed by atoms with van der Waals surface area (Å²) in [6.07, 6.45) is 0. The summed E-state index contributed by atoms with van der Waals surface area (Å²) in [5.74, 6) is 0. The highest BCUT2D eigenvalue weighted by Crippen LogP contribution is 2.13. The fraction of sp³-hybridized carbons (Fsp3) is 0.333. The number of halogens is 3. The van der Waals surface area contributed by atoms with Gasteiger partial charge in [0.2, 0.25) is 0 Å². The zero-order valence-corrected chi connectivity index (χ0v) is 17.6. The van der Waals surface area contributed by atoms with E-state index in [1.807, 2.05) is 12.1 Å². The molecule has 0 radical (unpaired) electrons. The number of alkyl halides is 1. The Kier molecular flexibility index (Phi) is 8.83. The zero-order valence-electron chi connectivity index (χ0n) is 12.9. The Bertz CT molecular complexity index is 566. The van der Waals surface area contributed by atoms with Crippen molar-refractivity contribution in [1.82, 2.24) is 4.90 Å². The van der Waals surface area contributed by atoms with Gasteiger partial charge in [0, 0.05) is 33.9 Å². The molecule has 3 rings (SSSR count). The topological polar surface area (TPSA) is 12.5 Å². The second-order valence-electron chi connectivity index (χ2n) is 5.28. The van der Waals surface area contributed by atoms with E-state index >= 15 is 0 Å². The Morgan fingerprint density at radius 1 is 0.783 bits per heavy atom. The van der Waals surface area contributed by atoms with Crippen LogP contribution in [0.3, 0.4) is 0 Å². The molecule has 124 valence electrons. The highest BCUT2D eigenvalue weighted by atomic mass is 79.9. The summed E-state index contributed by atoms with van der Waals surface area (Å²) < 4.78 is 7.58. The first-order valence-electron chi connectivity index (χ1n) is 7.52. The van der Waals surface area contributed by atoms with E-state index in [9.17, 15) is 0 Å². The van der Waals surface area contributed by atoms with Gasteiger partial charge in [-0.05, 0) is 35.4 Å². The van der Waals surface area contributed by atoms with Crippen LogP contribution in [-0.2, 0) is 16.6 Å². The Labute approximate surface area is 163 Å². The van der Waals surface area contributed by atoms with E-state index in [4.69, 9.17) is 4.74 Å². The van der Waals surface area contributed by atoms with Gasteiger partial charge < -0.3 is 4.74 Å². The lowest BCUT2D eigenvalue weighted by atomic mass is 10.2. The SMILES string of the molecule is BrCc1ccc(Br)cc1.Brc1ccc(CN2CCOCC2)cc1. The van der Waals surface area contributed by atoms with E-state index in [0.717, 1.165) is 47.1 Å². The summed E-state index contributed by atoms with van der Waals surface area (Å²) in [7, 11) is 0. The van der Waals surface area contributed by atoms with E-state index in [1.165, 1.54) is 11.1 Å². The van der Waals surface area contributed by atoms with Gasteiger partial charge in [-0.15, -0.1) is 0 Å². The number of rotatable bonds is 3. The minimum absolute atomic E-state index is 0.872. The van der Waals surface area contributed by atoms with E-state index in [0.29, 0.717) is 0 Å². The summed E-state index contributed by atoms with van der Waals surface area (Å²) >= 11 is 10.2. The third-order valence-corrected chi connectivity index (χ3v) is 5.20. The summed E-state index contributed by atoms with van der Waals surface area (Å²) in [4.78, 5) is 2.42. The predicted octanol–water partition coefficient (Wildman–Crippen LogP) is 5.63. The number of hydrogen-bond acceptors (Lipinski definition) is 2. The maximum absolute atomic E-state index is 5.31. The standard InChI is InChI=1S/C11H14BrNO.C7H6Br2/c12-11-3-1-10(2-4-11)9-13-5-7-14-8-6-13;8-5-6-1-3-7(9)4-2-6/h1-4H,5-9H2;1-4H,5H2. The molecule has 1 aliphatic rings. The first-order valence-corrected chi connectivity index (χ1v) is 10.2. The molecule has 0 atom stereocenters. The molecule has 0 N–H and O–H groups in total. The van der Waals surface area contributed by atoms with E-state index in [2.05, 4.69) is 89.1 Å². The average molecular weight is 506 g/mol. The summed E-state index contributed by atoms with van der Waals surface area (Å²) in [6.45, 7) is 4.88. The van der Waals surface area contributed by atoms with Gasteiger partial charge in [0.15, 0.2) is 0 Å². The van der Waals surface area contributed by atoms with E-state index in [-0.39, 0.29) is 0 Å². The van der Waals surface area contributed by atoms with Crippen LogP contribution in [0.2, 0.25) is 0 Å². The molecule has 0 aliphatic carbocycles. The highest BCUT2D eigenvalue weighted by molar-refractivity contribution is 9.10. The largest absolute Gasteiger partial charge is 0.379 e. The van der Waals surface area contributed by atoms with Crippen molar-refractivity contribution in [2.24, 2.45) is 0 Å². The van der Waals surface area contributed by atoms with Crippen LogP contribution in [0.15, 0.2) is 57.5 Å². The second-order valence-corrected chi connectivity index (χ2v) is 7.67. The van der Waals surface area contributed by atoms with Crippen LogP contribution < -0.4 is 0 Å². The number of morpholine rings is 1. The van der Waals surface area contributed by atoms with Gasteiger partial charge in [0.05, 0.1) is 13.2 Å². The molecule has 0 aromatic heterocycles. The van der Waals surface area contributed by atoms with Gasteiger partial charge in [-0.1, -0.05) is 72.1 Å². The summed E-state index contributed by atoms with van der Waals surface area (Å²) in [5, 5.41) is 0.931. The summed E-state index contributed by atoms with van der Waals surface area (Å²) in [5.41, 5.74) is 2.67. The van der Waals surface area contributed by atoms with Crippen LogP contribution in [0.25, 0.3) is 0 Å². The molecule has 5 heteroatoms. The average Bonchev–Trinajstić information content (AvgIpc) is 2.59. The molecule has 0 saturated carbocycles. The molecule has 0 bridgehead atoms. The van der Waals surface area contributed by atoms with Crippen molar-refractivity contribution in [3.8, 4) is 0 Å². The fourth-order valence-electron chi connectivity index (χ4n) is 2.18. The lowest BCUT2D eigenvalue weighted by Gasteiger charge is -2.26. The maximum Gasteiger partial charge on any atom is 0.0594 e. The van der Waals surface area contributed by atoms with Gasteiger partial charge in [-0.3, -0.25) is 4.90 Å². The second kappa shape index (κ2) is 10.6. The molecule has 2 aromatic carbocycles. The summed E-state index contributed by atoms with van der Waals surface area (Å²) in [6, 6.07) is 16.8. The molecule has 0 spiro atoms. The number of hydrogen-bond donors (Lipinski definition) is 0. The highest BCUT2D eigenvalue weighted by Gasteiger charge is 2.09. The Morgan fingerprint density at radius 3 is 1.74 bits per heavy atom. The lowest BCUT2D eigenvalue weighted by Crippen LogP contribution is -2.35. The minimum atomic E-state index is 0.872.